The van der Waals surface area contributed by atoms with Crippen LogP contribution in [0.2, 0.25) is 0 Å². The number of nitrogens with zero attached hydrogens (tertiary/aromatic N) is 2. The largest absolute Gasteiger partial charge is 0.445 e. The van der Waals surface area contributed by atoms with Gasteiger partial charge in [-0.25, -0.2) is 9.59 Å². The zero-order valence-electron chi connectivity index (χ0n) is 15.0. The van der Waals surface area contributed by atoms with Crippen molar-refractivity contribution in [2.24, 2.45) is 0 Å². The van der Waals surface area contributed by atoms with Crippen LogP contribution in [-0.4, -0.2) is 65.0 Å². The number of aliphatic hydroxyl groups excluding tert-OH is 1. The molecule has 0 radical (unpaired) electrons. The van der Waals surface area contributed by atoms with Gasteiger partial charge in [0.2, 0.25) is 0 Å². The van der Waals surface area contributed by atoms with Crippen molar-refractivity contribution in [3.05, 3.63) is 35.9 Å². The molecule has 0 saturated carbocycles. The molecule has 1 aliphatic heterocycles. The molecule has 7 nitrogen and oxygen atoms in total. The third-order valence-electron chi connectivity index (χ3n) is 3.78. The lowest BCUT2D eigenvalue weighted by atomic mass is 10.2. The standard InChI is InChI=1S/C18H26N2O5/c1-18(2,3)25-17(23)20-10-9-19(11-15(20)12-21)16(22)24-13-14-7-5-4-6-8-14/h4-8,15,21H,9-13H2,1-3H3/t15-/m1/s1. The van der Waals surface area contributed by atoms with E-state index in [0.29, 0.717) is 13.1 Å². The normalized spacial score (nSPS) is 18.0. The zero-order chi connectivity index (χ0) is 18.4. The van der Waals surface area contributed by atoms with Crippen molar-refractivity contribution in [2.45, 2.75) is 39.0 Å². The molecule has 0 unspecified atom stereocenters. The van der Waals surface area contributed by atoms with Crippen LogP contribution in [-0.2, 0) is 16.1 Å². The molecule has 1 aromatic rings. The molecule has 1 saturated heterocycles. The summed E-state index contributed by atoms with van der Waals surface area (Å²) < 4.78 is 10.7. The van der Waals surface area contributed by atoms with Gasteiger partial charge in [0.15, 0.2) is 0 Å². The summed E-state index contributed by atoms with van der Waals surface area (Å²) in [6.45, 7) is 6.15. The third kappa shape index (κ3) is 5.63. The molecular formula is C18H26N2O5. The first-order chi connectivity index (χ1) is 11.8. The number of aliphatic hydroxyl groups is 1. The van der Waals surface area contributed by atoms with Gasteiger partial charge < -0.3 is 19.5 Å². The van der Waals surface area contributed by atoms with Crippen LogP contribution in [0.1, 0.15) is 26.3 Å². The number of amides is 2. The van der Waals surface area contributed by atoms with Gasteiger partial charge in [0, 0.05) is 19.6 Å². The van der Waals surface area contributed by atoms with Crippen LogP contribution in [0.25, 0.3) is 0 Å². The molecule has 1 heterocycles. The number of carbonyl (C=O) groups is 2. The van der Waals surface area contributed by atoms with Crippen LogP contribution in [0, 0.1) is 0 Å². The summed E-state index contributed by atoms with van der Waals surface area (Å²) in [5, 5.41) is 9.59. The van der Waals surface area contributed by atoms with E-state index in [0.717, 1.165) is 5.56 Å². The van der Waals surface area contributed by atoms with E-state index in [1.807, 2.05) is 30.3 Å². The summed E-state index contributed by atoms with van der Waals surface area (Å²) in [5.41, 5.74) is 0.296. The van der Waals surface area contributed by atoms with E-state index in [2.05, 4.69) is 0 Å². The number of hydrogen-bond acceptors (Lipinski definition) is 5. The van der Waals surface area contributed by atoms with E-state index in [4.69, 9.17) is 9.47 Å². The van der Waals surface area contributed by atoms with Gasteiger partial charge in [-0.1, -0.05) is 30.3 Å². The minimum absolute atomic E-state index is 0.190. The predicted octanol–water partition coefficient (Wildman–Crippen LogP) is 2.24. The van der Waals surface area contributed by atoms with E-state index < -0.39 is 23.8 Å². The van der Waals surface area contributed by atoms with Gasteiger partial charge in [-0.15, -0.1) is 0 Å². The molecule has 138 valence electrons. The van der Waals surface area contributed by atoms with Gasteiger partial charge in [-0.05, 0) is 26.3 Å². The molecule has 0 aromatic heterocycles. The lowest BCUT2D eigenvalue weighted by molar-refractivity contribution is -0.0126. The Labute approximate surface area is 148 Å². The molecule has 25 heavy (non-hydrogen) atoms. The molecule has 1 aliphatic rings. The van der Waals surface area contributed by atoms with Gasteiger partial charge in [-0.3, -0.25) is 4.90 Å². The Morgan fingerprint density at radius 1 is 1.16 bits per heavy atom. The quantitative estimate of drug-likeness (QED) is 0.904. The minimum atomic E-state index is -0.608. The average Bonchev–Trinajstić information content (AvgIpc) is 2.58. The Kier molecular flexibility index (Phi) is 6.25. The van der Waals surface area contributed by atoms with Crippen molar-refractivity contribution < 1.29 is 24.2 Å². The van der Waals surface area contributed by atoms with Gasteiger partial charge in [-0.2, -0.15) is 0 Å². The molecule has 0 spiro atoms. The Morgan fingerprint density at radius 2 is 1.84 bits per heavy atom. The highest BCUT2D eigenvalue weighted by Crippen LogP contribution is 2.16. The maximum absolute atomic E-state index is 12.2. The molecule has 0 bridgehead atoms. The zero-order valence-corrected chi connectivity index (χ0v) is 15.0. The SMILES string of the molecule is CC(C)(C)OC(=O)N1CCN(C(=O)OCc2ccccc2)C[C@@H]1CO. The van der Waals surface area contributed by atoms with Crippen molar-refractivity contribution in [1.29, 1.82) is 0 Å². The van der Waals surface area contributed by atoms with E-state index in [1.165, 1.54) is 9.80 Å². The third-order valence-corrected chi connectivity index (χ3v) is 3.78. The monoisotopic (exact) mass is 350 g/mol. The van der Waals surface area contributed by atoms with Crippen LogP contribution in [0.15, 0.2) is 30.3 Å². The molecule has 1 fully saturated rings. The fraction of sp³-hybridized carbons (Fsp3) is 0.556. The molecule has 1 aromatic carbocycles. The van der Waals surface area contributed by atoms with Gasteiger partial charge in [0.25, 0.3) is 0 Å². The highest BCUT2D eigenvalue weighted by Gasteiger charge is 2.35. The van der Waals surface area contributed by atoms with Crippen LogP contribution < -0.4 is 0 Å². The summed E-state index contributed by atoms with van der Waals surface area (Å²) in [6.07, 6.45) is -0.935. The fourth-order valence-electron chi connectivity index (χ4n) is 2.55. The summed E-state index contributed by atoms with van der Waals surface area (Å²) in [7, 11) is 0. The van der Waals surface area contributed by atoms with Crippen LogP contribution in [0.4, 0.5) is 9.59 Å². The minimum Gasteiger partial charge on any atom is -0.445 e. The predicted molar refractivity (Wildman–Crippen MR) is 92.0 cm³/mol. The summed E-state index contributed by atoms with van der Waals surface area (Å²) in [6, 6.07) is 8.91. The molecule has 0 aliphatic carbocycles. The summed E-state index contributed by atoms with van der Waals surface area (Å²) >= 11 is 0. The van der Waals surface area contributed by atoms with Crippen molar-refractivity contribution >= 4 is 12.2 Å². The maximum Gasteiger partial charge on any atom is 0.410 e. The second-order valence-corrected chi connectivity index (χ2v) is 7.00. The first-order valence-electron chi connectivity index (χ1n) is 8.36. The van der Waals surface area contributed by atoms with Gasteiger partial charge in [0.05, 0.1) is 12.6 Å². The number of ether oxygens (including phenoxy) is 2. The average molecular weight is 350 g/mol. The smallest absolute Gasteiger partial charge is 0.410 e. The number of hydrogen-bond donors (Lipinski definition) is 1. The van der Waals surface area contributed by atoms with E-state index in [9.17, 15) is 14.7 Å². The number of carbonyl (C=O) groups excluding carboxylic acids is 2. The number of rotatable bonds is 3. The molecule has 2 rings (SSSR count). The Bertz CT molecular complexity index is 585. The first kappa shape index (κ1) is 19.1. The molecule has 2 amide bonds. The summed E-state index contributed by atoms with van der Waals surface area (Å²) in [5.74, 6) is 0. The molecule has 1 N–H and O–H groups in total. The lowest BCUT2D eigenvalue weighted by Gasteiger charge is -2.40. The fourth-order valence-corrected chi connectivity index (χ4v) is 2.55. The van der Waals surface area contributed by atoms with Crippen LogP contribution in [0.3, 0.4) is 0 Å². The van der Waals surface area contributed by atoms with Gasteiger partial charge in [0.1, 0.15) is 12.2 Å². The molecule has 1 atom stereocenters. The van der Waals surface area contributed by atoms with E-state index >= 15 is 0 Å². The second kappa shape index (κ2) is 8.20. The van der Waals surface area contributed by atoms with Crippen LogP contribution >= 0.6 is 0 Å². The molecule has 7 heteroatoms. The Hall–Kier alpha value is -2.28. The van der Waals surface area contributed by atoms with Crippen molar-refractivity contribution in [3.63, 3.8) is 0 Å². The number of piperazine rings is 1. The highest BCUT2D eigenvalue weighted by molar-refractivity contribution is 5.71. The topological polar surface area (TPSA) is 79.3 Å². The maximum atomic E-state index is 12.2. The second-order valence-electron chi connectivity index (χ2n) is 7.00. The van der Waals surface area contributed by atoms with Crippen LogP contribution in [0.5, 0.6) is 0 Å². The van der Waals surface area contributed by atoms with E-state index in [-0.39, 0.29) is 19.8 Å². The van der Waals surface area contributed by atoms with Crippen molar-refractivity contribution in [2.75, 3.05) is 26.2 Å². The Balaban J connectivity index is 1.89. The summed E-state index contributed by atoms with van der Waals surface area (Å²) in [4.78, 5) is 27.4. The first-order valence-corrected chi connectivity index (χ1v) is 8.36. The Morgan fingerprint density at radius 3 is 2.44 bits per heavy atom. The van der Waals surface area contributed by atoms with Gasteiger partial charge >= 0.3 is 12.2 Å². The lowest BCUT2D eigenvalue weighted by Crippen LogP contribution is -2.58. The highest BCUT2D eigenvalue weighted by atomic mass is 16.6. The van der Waals surface area contributed by atoms with Crippen molar-refractivity contribution in [3.8, 4) is 0 Å². The van der Waals surface area contributed by atoms with E-state index in [1.54, 1.807) is 20.8 Å². The number of benzene rings is 1. The molecular weight excluding hydrogens is 324 g/mol. The van der Waals surface area contributed by atoms with Crippen molar-refractivity contribution in [1.82, 2.24) is 9.80 Å².